The Morgan fingerprint density at radius 1 is 1.05 bits per heavy atom. The van der Waals surface area contributed by atoms with E-state index in [-0.39, 0.29) is 18.0 Å². The molecule has 0 radical (unpaired) electrons. The summed E-state index contributed by atoms with van der Waals surface area (Å²) in [5.41, 5.74) is -0.930. The number of rotatable bonds is 4. The molecule has 1 atom stereocenters. The molecule has 2 heterocycles. The maximum absolute atomic E-state index is 14.2. The fourth-order valence-corrected chi connectivity index (χ4v) is 2.37. The van der Waals surface area contributed by atoms with E-state index in [9.17, 15) is 18.4 Å². The lowest BCUT2D eigenvalue weighted by Crippen LogP contribution is -2.28. The Morgan fingerprint density at radius 2 is 1.68 bits per heavy atom. The molecule has 0 amide bonds. The molecule has 0 aliphatic carbocycles. The Balaban J connectivity index is 2.33. The van der Waals surface area contributed by atoms with E-state index < -0.39 is 28.8 Å². The predicted molar refractivity (Wildman–Crippen MR) is 80.1 cm³/mol. The largest absolute Gasteiger partial charge is 0.312 e. The molecule has 0 spiro atoms. The van der Waals surface area contributed by atoms with Crippen molar-refractivity contribution in [3.63, 3.8) is 0 Å². The van der Waals surface area contributed by atoms with Crippen molar-refractivity contribution in [1.29, 1.82) is 0 Å². The van der Waals surface area contributed by atoms with E-state index in [2.05, 4.69) is 0 Å². The number of nitrogens with zero attached hydrogens (tertiary/aromatic N) is 2. The number of halogens is 2. The van der Waals surface area contributed by atoms with Crippen LogP contribution in [-0.4, -0.2) is 9.13 Å². The van der Waals surface area contributed by atoms with E-state index in [1.165, 1.54) is 21.4 Å². The first-order valence-corrected chi connectivity index (χ1v) is 7.08. The van der Waals surface area contributed by atoms with Crippen LogP contribution in [0, 0.1) is 11.6 Å². The molecule has 118 valence electrons. The lowest BCUT2D eigenvalue weighted by molar-refractivity contribution is 0.482. The van der Waals surface area contributed by atoms with Crippen LogP contribution in [0.3, 0.4) is 0 Å². The van der Waals surface area contributed by atoms with E-state index in [4.69, 9.17) is 0 Å². The molecule has 0 fully saturated rings. The Labute approximate surface area is 126 Å². The summed E-state index contributed by atoms with van der Waals surface area (Å²) in [5, 5.41) is 0. The van der Waals surface area contributed by atoms with Gasteiger partial charge in [-0.05, 0) is 44.9 Å². The van der Waals surface area contributed by atoms with Crippen molar-refractivity contribution >= 4 is 0 Å². The molecule has 6 heteroatoms. The zero-order valence-corrected chi connectivity index (χ0v) is 12.7. The van der Waals surface area contributed by atoms with Crippen molar-refractivity contribution in [3.05, 3.63) is 68.5 Å². The second kappa shape index (κ2) is 6.25. The van der Waals surface area contributed by atoms with Gasteiger partial charge in [0.15, 0.2) is 5.82 Å². The van der Waals surface area contributed by atoms with Crippen molar-refractivity contribution in [3.8, 4) is 0 Å². The highest BCUT2D eigenvalue weighted by Crippen LogP contribution is 2.14. The third-order valence-electron chi connectivity index (χ3n) is 3.60. The molecule has 1 unspecified atom stereocenters. The van der Waals surface area contributed by atoms with Gasteiger partial charge in [-0.15, -0.1) is 0 Å². The number of hydrogen-bond donors (Lipinski definition) is 0. The van der Waals surface area contributed by atoms with Crippen LogP contribution in [0.1, 0.15) is 38.4 Å². The zero-order valence-electron chi connectivity index (χ0n) is 12.7. The predicted octanol–water partition coefficient (Wildman–Crippen LogP) is 2.67. The minimum Gasteiger partial charge on any atom is -0.312 e. The summed E-state index contributed by atoms with van der Waals surface area (Å²) >= 11 is 0. The monoisotopic (exact) mass is 308 g/mol. The highest BCUT2D eigenvalue weighted by atomic mass is 19.1. The maximum atomic E-state index is 14.2. The zero-order chi connectivity index (χ0) is 16.4. The van der Waals surface area contributed by atoms with Crippen LogP contribution >= 0.6 is 0 Å². The fourth-order valence-electron chi connectivity index (χ4n) is 2.37. The molecule has 2 rings (SSSR count). The van der Waals surface area contributed by atoms with Gasteiger partial charge in [0.2, 0.25) is 0 Å². The van der Waals surface area contributed by atoms with Crippen LogP contribution in [0.15, 0.2) is 40.2 Å². The summed E-state index contributed by atoms with van der Waals surface area (Å²) in [6, 6.07) is 3.07. The van der Waals surface area contributed by atoms with E-state index in [1.807, 2.05) is 0 Å². The molecule has 0 aromatic carbocycles. The summed E-state index contributed by atoms with van der Waals surface area (Å²) in [4.78, 5) is 23.7. The van der Waals surface area contributed by atoms with Crippen molar-refractivity contribution in [1.82, 2.24) is 9.13 Å². The molecule has 22 heavy (non-hydrogen) atoms. The smallest absolute Gasteiger partial charge is 0.287 e. The summed E-state index contributed by atoms with van der Waals surface area (Å²) in [6.45, 7) is 5.30. The van der Waals surface area contributed by atoms with Gasteiger partial charge in [0, 0.05) is 30.5 Å². The first kappa shape index (κ1) is 16.1. The van der Waals surface area contributed by atoms with Gasteiger partial charge in [0.25, 0.3) is 11.1 Å². The van der Waals surface area contributed by atoms with Gasteiger partial charge in [-0.1, -0.05) is 0 Å². The molecule has 0 bridgehead atoms. The fraction of sp³-hybridized carbons (Fsp3) is 0.375. The molecule has 0 saturated heterocycles. The quantitative estimate of drug-likeness (QED) is 0.871. The lowest BCUT2D eigenvalue weighted by Gasteiger charge is -2.16. The number of hydrogen-bond acceptors (Lipinski definition) is 2. The molecular formula is C16H18F2N2O2. The van der Waals surface area contributed by atoms with E-state index >= 15 is 0 Å². The van der Waals surface area contributed by atoms with Crippen molar-refractivity contribution < 1.29 is 8.78 Å². The van der Waals surface area contributed by atoms with Gasteiger partial charge in [0.1, 0.15) is 5.82 Å². The summed E-state index contributed by atoms with van der Waals surface area (Å²) in [5.74, 6) is -1.42. The molecule has 0 aliphatic heterocycles. The average molecular weight is 308 g/mol. The maximum Gasteiger partial charge on any atom is 0.287 e. The topological polar surface area (TPSA) is 44.0 Å². The number of pyridine rings is 2. The molecule has 4 nitrogen and oxygen atoms in total. The van der Waals surface area contributed by atoms with Crippen LogP contribution in [-0.2, 0) is 6.42 Å². The van der Waals surface area contributed by atoms with E-state index in [0.29, 0.717) is 0 Å². The molecule has 0 saturated carbocycles. The van der Waals surface area contributed by atoms with Crippen molar-refractivity contribution in [2.24, 2.45) is 0 Å². The molecule has 0 N–H and O–H groups in total. The van der Waals surface area contributed by atoms with Gasteiger partial charge < -0.3 is 9.13 Å². The standard InChI is InChI=1S/C16H18F2N2O2/c1-10(2)19-6-4-12(15(18)16(19)22)8-11(3)20-7-5-13(17)9-14(20)21/h4-7,9-11H,8H2,1-3H3. The minimum atomic E-state index is -0.807. The molecular weight excluding hydrogens is 290 g/mol. The van der Waals surface area contributed by atoms with Crippen molar-refractivity contribution in [2.75, 3.05) is 0 Å². The Morgan fingerprint density at radius 3 is 2.27 bits per heavy atom. The van der Waals surface area contributed by atoms with Gasteiger partial charge in [-0.3, -0.25) is 9.59 Å². The van der Waals surface area contributed by atoms with Crippen LogP contribution in [0.25, 0.3) is 0 Å². The second-order valence-corrected chi connectivity index (χ2v) is 5.60. The first-order valence-electron chi connectivity index (χ1n) is 7.08. The van der Waals surface area contributed by atoms with E-state index in [1.54, 1.807) is 33.0 Å². The second-order valence-electron chi connectivity index (χ2n) is 5.60. The summed E-state index contributed by atoms with van der Waals surface area (Å²) in [6.07, 6.45) is 3.05. The third kappa shape index (κ3) is 3.16. The number of aromatic nitrogens is 2. The average Bonchev–Trinajstić information content (AvgIpc) is 2.43. The lowest BCUT2D eigenvalue weighted by atomic mass is 10.1. The van der Waals surface area contributed by atoms with Gasteiger partial charge >= 0.3 is 0 Å². The molecule has 2 aromatic heterocycles. The van der Waals surface area contributed by atoms with Crippen LogP contribution in [0.5, 0.6) is 0 Å². The molecule has 0 aliphatic rings. The van der Waals surface area contributed by atoms with Crippen LogP contribution in [0.2, 0.25) is 0 Å². The SMILES string of the molecule is CC(C)n1ccc(CC(C)n2ccc(F)cc2=O)c(F)c1=O. The minimum absolute atomic E-state index is 0.131. The Bertz CT molecular complexity index is 793. The highest BCUT2D eigenvalue weighted by Gasteiger charge is 2.15. The third-order valence-corrected chi connectivity index (χ3v) is 3.60. The van der Waals surface area contributed by atoms with Crippen LogP contribution < -0.4 is 11.1 Å². The van der Waals surface area contributed by atoms with Crippen LogP contribution in [0.4, 0.5) is 8.78 Å². The van der Waals surface area contributed by atoms with Gasteiger partial charge in [-0.25, -0.2) is 8.78 Å². The first-order chi connectivity index (χ1) is 10.3. The highest BCUT2D eigenvalue weighted by molar-refractivity contribution is 5.15. The van der Waals surface area contributed by atoms with E-state index in [0.717, 1.165) is 6.07 Å². The van der Waals surface area contributed by atoms with Crippen molar-refractivity contribution in [2.45, 2.75) is 39.3 Å². The molecule has 2 aromatic rings. The Hall–Kier alpha value is -2.24. The normalized spacial score (nSPS) is 12.6. The van der Waals surface area contributed by atoms with Gasteiger partial charge in [-0.2, -0.15) is 0 Å². The Kier molecular flexibility index (Phi) is 4.59. The summed E-state index contributed by atoms with van der Waals surface area (Å²) < 4.78 is 29.8. The van der Waals surface area contributed by atoms with Gasteiger partial charge in [0.05, 0.1) is 0 Å². The summed E-state index contributed by atoms with van der Waals surface area (Å²) in [7, 11) is 0.